The number of methoxy groups -OCH3 is 1. The largest absolute Gasteiger partial charge is 0.495 e. The normalized spacial score (nSPS) is 10.2. The van der Waals surface area contributed by atoms with Gasteiger partial charge in [-0.05, 0) is 74.9 Å². The van der Waals surface area contributed by atoms with Crippen LogP contribution in [0, 0.1) is 3.57 Å². The Balaban J connectivity index is 2.32. The van der Waals surface area contributed by atoms with Crippen molar-refractivity contribution in [2.24, 2.45) is 0 Å². The molecule has 0 atom stereocenters. The molecule has 2 rings (SSSR count). The van der Waals surface area contributed by atoms with Gasteiger partial charge in [-0.3, -0.25) is 4.79 Å². The molecule has 0 fully saturated rings. The summed E-state index contributed by atoms with van der Waals surface area (Å²) >= 11 is 11.5. The first-order valence-corrected chi connectivity index (χ1v) is 7.86. The molecular formula is C14H10BrClINO2. The van der Waals surface area contributed by atoms with E-state index in [4.69, 9.17) is 16.3 Å². The summed E-state index contributed by atoms with van der Waals surface area (Å²) in [4.78, 5) is 12.3. The third kappa shape index (κ3) is 3.65. The molecule has 1 N–H and O–H groups in total. The average Bonchev–Trinajstić information content (AvgIpc) is 2.41. The zero-order chi connectivity index (χ0) is 14.7. The van der Waals surface area contributed by atoms with Crippen molar-refractivity contribution in [1.82, 2.24) is 0 Å². The number of carbonyl (C=O) groups is 1. The zero-order valence-electron chi connectivity index (χ0n) is 10.4. The molecule has 0 saturated carbocycles. The van der Waals surface area contributed by atoms with Gasteiger partial charge in [0.05, 0.1) is 18.4 Å². The van der Waals surface area contributed by atoms with Crippen molar-refractivity contribution in [3.8, 4) is 5.75 Å². The van der Waals surface area contributed by atoms with E-state index in [0.717, 1.165) is 8.04 Å². The number of benzene rings is 2. The predicted octanol–water partition coefficient (Wildman–Crippen LogP) is 4.97. The third-order valence-corrected chi connectivity index (χ3v) is 4.18. The van der Waals surface area contributed by atoms with Crippen LogP contribution in [0.3, 0.4) is 0 Å². The van der Waals surface area contributed by atoms with E-state index >= 15 is 0 Å². The summed E-state index contributed by atoms with van der Waals surface area (Å²) in [5, 5.41) is 3.34. The van der Waals surface area contributed by atoms with Gasteiger partial charge in [-0.25, -0.2) is 0 Å². The quantitative estimate of drug-likeness (QED) is 0.649. The van der Waals surface area contributed by atoms with Crippen molar-refractivity contribution in [3.05, 3.63) is 55.0 Å². The molecule has 2 aromatic carbocycles. The molecule has 104 valence electrons. The molecule has 0 unspecified atom stereocenters. The molecular weight excluding hydrogens is 456 g/mol. The van der Waals surface area contributed by atoms with Crippen molar-refractivity contribution < 1.29 is 9.53 Å². The van der Waals surface area contributed by atoms with Gasteiger partial charge in [0.25, 0.3) is 5.91 Å². The Morgan fingerprint density at radius 2 is 2.05 bits per heavy atom. The lowest BCUT2D eigenvalue weighted by Crippen LogP contribution is -2.13. The van der Waals surface area contributed by atoms with E-state index in [-0.39, 0.29) is 5.91 Å². The van der Waals surface area contributed by atoms with Crippen molar-refractivity contribution in [1.29, 1.82) is 0 Å². The molecule has 0 heterocycles. The van der Waals surface area contributed by atoms with E-state index in [9.17, 15) is 4.79 Å². The molecule has 0 spiro atoms. The van der Waals surface area contributed by atoms with Crippen molar-refractivity contribution in [3.63, 3.8) is 0 Å². The van der Waals surface area contributed by atoms with Gasteiger partial charge in [0, 0.05) is 13.1 Å². The number of anilines is 1. The Hall–Kier alpha value is -0.790. The zero-order valence-corrected chi connectivity index (χ0v) is 14.9. The van der Waals surface area contributed by atoms with Crippen LogP contribution in [0.2, 0.25) is 5.02 Å². The van der Waals surface area contributed by atoms with Crippen LogP contribution in [0.5, 0.6) is 5.75 Å². The molecule has 20 heavy (non-hydrogen) atoms. The van der Waals surface area contributed by atoms with Crippen molar-refractivity contribution >= 4 is 61.7 Å². The minimum atomic E-state index is -0.226. The first kappa shape index (κ1) is 15.6. The van der Waals surface area contributed by atoms with Crippen LogP contribution in [0.25, 0.3) is 0 Å². The molecule has 0 saturated heterocycles. The Kier molecular flexibility index (Phi) is 5.29. The lowest BCUT2D eigenvalue weighted by molar-refractivity contribution is 0.102. The van der Waals surface area contributed by atoms with Gasteiger partial charge in [0.2, 0.25) is 0 Å². The number of hydrogen-bond donors (Lipinski definition) is 1. The molecule has 0 radical (unpaired) electrons. The number of carbonyl (C=O) groups excluding carboxylic acids is 1. The number of halogens is 3. The van der Waals surface area contributed by atoms with Crippen LogP contribution in [0.15, 0.2) is 40.9 Å². The summed E-state index contributed by atoms with van der Waals surface area (Å²) < 4.78 is 6.92. The maximum absolute atomic E-state index is 12.3. The fourth-order valence-electron chi connectivity index (χ4n) is 1.64. The van der Waals surface area contributed by atoms with Crippen LogP contribution >= 0.6 is 50.1 Å². The standard InChI is InChI=1S/C14H10BrClINO2/c1-20-13-5-2-8(16)6-12(13)18-14(19)10-7-9(17)3-4-11(10)15/h2-7H,1H3,(H,18,19). The van der Waals surface area contributed by atoms with E-state index in [2.05, 4.69) is 43.8 Å². The molecule has 2 aromatic rings. The molecule has 0 aliphatic carbocycles. The maximum Gasteiger partial charge on any atom is 0.256 e. The fourth-order valence-corrected chi connectivity index (χ4v) is 2.73. The van der Waals surface area contributed by atoms with Gasteiger partial charge in [-0.15, -0.1) is 0 Å². The second-order valence-electron chi connectivity index (χ2n) is 3.92. The summed E-state index contributed by atoms with van der Waals surface area (Å²) in [6.45, 7) is 0. The number of amides is 1. The number of nitrogens with one attached hydrogen (secondary N) is 1. The summed E-state index contributed by atoms with van der Waals surface area (Å²) in [6, 6.07) is 10.6. The van der Waals surface area contributed by atoms with Gasteiger partial charge >= 0.3 is 0 Å². The summed E-state index contributed by atoms with van der Waals surface area (Å²) in [5.41, 5.74) is 1.09. The Morgan fingerprint density at radius 3 is 2.75 bits per heavy atom. The third-order valence-electron chi connectivity index (χ3n) is 2.58. The predicted molar refractivity (Wildman–Crippen MR) is 92.8 cm³/mol. The van der Waals surface area contributed by atoms with Crippen molar-refractivity contribution in [2.45, 2.75) is 0 Å². The minimum absolute atomic E-state index is 0.226. The molecule has 6 heteroatoms. The highest BCUT2D eigenvalue weighted by Crippen LogP contribution is 2.29. The molecule has 0 bridgehead atoms. The summed E-state index contributed by atoms with van der Waals surface area (Å²) in [6.07, 6.45) is 0. The van der Waals surface area contributed by atoms with E-state index in [1.165, 1.54) is 0 Å². The highest BCUT2D eigenvalue weighted by molar-refractivity contribution is 14.1. The molecule has 3 nitrogen and oxygen atoms in total. The second-order valence-corrected chi connectivity index (χ2v) is 6.46. The van der Waals surface area contributed by atoms with Gasteiger partial charge in [0.1, 0.15) is 5.75 Å². The summed E-state index contributed by atoms with van der Waals surface area (Å²) in [7, 11) is 1.54. The smallest absolute Gasteiger partial charge is 0.256 e. The van der Waals surface area contributed by atoms with Crippen LogP contribution < -0.4 is 10.1 Å². The first-order valence-electron chi connectivity index (χ1n) is 5.61. The maximum atomic E-state index is 12.3. The molecule has 1 amide bonds. The van der Waals surface area contributed by atoms with E-state index in [0.29, 0.717) is 22.0 Å². The van der Waals surface area contributed by atoms with E-state index < -0.39 is 0 Å². The average molecular weight is 467 g/mol. The van der Waals surface area contributed by atoms with Crippen LogP contribution in [0.4, 0.5) is 5.69 Å². The second kappa shape index (κ2) is 6.78. The minimum Gasteiger partial charge on any atom is -0.495 e. The Bertz CT molecular complexity index is 664. The van der Waals surface area contributed by atoms with Crippen LogP contribution in [0.1, 0.15) is 10.4 Å². The Labute approximate surface area is 143 Å². The van der Waals surface area contributed by atoms with Crippen molar-refractivity contribution in [2.75, 3.05) is 12.4 Å². The highest BCUT2D eigenvalue weighted by Gasteiger charge is 2.13. The van der Waals surface area contributed by atoms with Gasteiger partial charge < -0.3 is 10.1 Å². The van der Waals surface area contributed by atoms with E-state index in [1.54, 1.807) is 31.4 Å². The number of ether oxygens (including phenoxy) is 1. The first-order chi connectivity index (χ1) is 9.51. The molecule has 0 aliphatic rings. The van der Waals surface area contributed by atoms with E-state index in [1.807, 2.05) is 12.1 Å². The lowest BCUT2D eigenvalue weighted by atomic mass is 10.2. The number of hydrogen-bond acceptors (Lipinski definition) is 2. The SMILES string of the molecule is COc1ccc(Cl)cc1NC(=O)c1cc(I)ccc1Br. The van der Waals surface area contributed by atoms with Gasteiger partial charge in [-0.1, -0.05) is 11.6 Å². The molecule has 0 aliphatic heterocycles. The van der Waals surface area contributed by atoms with Crippen LogP contribution in [-0.4, -0.2) is 13.0 Å². The monoisotopic (exact) mass is 465 g/mol. The Morgan fingerprint density at radius 1 is 1.30 bits per heavy atom. The molecule has 0 aromatic heterocycles. The number of rotatable bonds is 3. The summed E-state index contributed by atoms with van der Waals surface area (Å²) in [5.74, 6) is 0.334. The lowest BCUT2D eigenvalue weighted by Gasteiger charge is -2.11. The fraction of sp³-hybridized carbons (Fsp3) is 0.0714. The topological polar surface area (TPSA) is 38.3 Å². The van der Waals surface area contributed by atoms with Gasteiger partial charge in [0.15, 0.2) is 0 Å². The highest BCUT2D eigenvalue weighted by atomic mass is 127. The van der Waals surface area contributed by atoms with Crippen LogP contribution in [-0.2, 0) is 0 Å². The van der Waals surface area contributed by atoms with Gasteiger partial charge in [-0.2, -0.15) is 0 Å².